The van der Waals surface area contributed by atoms with E-state index in [1.165, 1.54) is 10.4 Å². The van der Waals surface area contributed by atoms with E-state index in [-0.39, 0.29) is 10.9 Å². The Morgan fingerprint density at radius 3 is 2.21 bits per heavy atom. The molecule has 0 radical (unpaired) electrons. The van der Waals surface area contributed by atoms with Crippen LogP contribution in [0.15, 0.2) is 27.6 Å². The van der Waals surface area contributed by atoms with Crippen molar-refractivity contribution in [3.8, 4) is 0 Å². The van der Waals surface area contributed by atoms with Crippen LogP contribution in [0.4, 0.5) is 5.69 Å². The van der Waals surface area contributed by atoms with Gasteiger partial charge in [0.2, 0.25) is 10.0 Å². The van der Waals surface area contributed by atoms with Crippen molar-refractivity contribution in [2.75, 3.05) is 5.73 Å². The maximum absolute atomic E-state index is 12.8. The third kappa shape index (κ3) is 3.49. The number of nitrogens with zero attached hydrogens (tertiary/aromatic N) is 1. The molecular formula is C13H21BrN2O2S. The van der Waals surface area contributed by atoms with Crippen LogP contribution in [0.3, 0.4) is 0 Å². The van der Waals surface area contributed by atoms with Gasteiger partial charge in [0.1, 0.15) is 0 Å². The van der Waals surface area contributed by atoms with E-state index in [4.69, 9.17) is 5.73 Å². The van der Waals surface area contributed by atoms with E-state index >= 15 is 0 Å². The van der Waals surface area contributed by atoms with Gasteiger partial charge in [-0.15, -0.1) is 0 Å². The molecule has 1 aromatic carbocycles. The summed E-state index contributed by atoms with van der Waals surface area (Å²) in [5.74, 6) is 0. The van der Waals surface area contributed by atoms with Gasteiger partial charge in [-0.1, -0.05) is 0 Å². The Balaban J connectivity index is 3.49. The molecule has 0 spiro atoms. The van der Waals surface area contributed by atoms with Crippen LogP contribution in [0.5, 0.6) is 0 Å². The lowest BCUT2D eigenvalue weighted by Gasteiger charge is -2.37. The quantitative estimate of drug-likeness (QED) is 0.852. The van der Waals surface area contributed by atoms with E-state index in [0.717, 1.165) is 0 Å². The minimum atomic E-state index is -3.60. The molecule has 1 rings (SSSR count). The number of halogens is 1. The fourth-order valence-corrected chi connectivity index (χ4v) is 5.18. The van der Waals surface area contributed by atoms with Gasteiger partial charge in [-0.3, -0.25) is 0 Å². The molecule has 2 N–H and O–H groups in total. The Morgan fingerprint density at radius 2 is 1.79 bits per heavy atom. The predicted molar refractivity (Wildman–Crippen MR) is 82.5 cm³/mol. The average molecular weight is 349 g/mol. The minimum Gasteiger partial charge on any atom is -0.399 e. The Labute approximate surface area is 124 Å². The lowest BCUT2D eigenvalue weighted by Crippen LogP contribution is -2.49. The lowest BCUT2D eigenvalue weighted by atomic mass is 10.1. The van der Waals surface area contributed by atoms with Crippen molar-refractivity contribution >= 4 is 31.6 Å². The second-order valence-electron chi connectivity index (χ2n) is 5.76. The number of sulfonamides is 1. The minimum absolute atomic E-state index is 0.140. The van der Waals surface area contributed by atoms with Crippen molar-refractivity contribution in [2.45, 2.75) is 51.1 Å². The van der Waals surface area contributed by atoms with Crippen molar-refractivity contribution in [1.82, 2.24) is 4.31 Å². The first-order valence-electron chi connectivity index (χ1n) is 6.07. The Morgan fingerprint density at radius 1 is 1.26 bits per heavy atom. The summed E-state index contributed by atoms with van der Waals surface area (Å²) in [5.41, 5.74) is 5.63. The summed E-state index contributed by atoms with van der Waals surface area (Å²) in [6, 6.07) is 4.67. The predicted octanol–water partition coefficient (Wildman–Crippen LogP) is 3.23. The van der Waals surface area contributed by atoms with E-state index in [2.05, 4.69) is 15.9 Å². The van der Waals surface area contributed by atoms with Gasteiger partial charge in [0, 0.05) is 21.7 Å². The number of hydrogen-bond acceptors (Lipinski definition) is 3. The number of benzene rings is 1. The second kappa shape index (κ2) is 5.42. The summed E-state index contributed by atoms with van der Waals surface area (Å²) >= 11 is 3.29. The van der Waals surface area contributed by atoms with Crippen molar-refractivity contribution in [1.29, 1.82) is 0 Å². The maximum Gasteiger partial charge on any atom is 0.244 e. The molecule has 0 amide bonds. The molecule has 4 nitrogen and oxygen atoms in total. The molecule has 19 heavy (non-hydrogen) atoms. The highest BCUT2D eigenvalue weighted by molar-refractivity contribution is 9.10. The zero-order chi connectivity index (χ0) is 15.0. The van der Waals surface area contributed by atoms with E-state index in [1.807, 2.05) is 34.6 Å². The van der Waals surface area contributed by atoms with Crippen LogP contribution in [0.2, 0.25) is 0 Å². The smallest absolute Gasteiger partial charge is 0.244 e. The number of nitrogens with two attached hydrogens (primary N) is 1. The van der Waals surface area contributed by atoms with Crippen LogP contribution in [0, 0.1) is 0 Å². The molecule has 0 heterocycles. The van der Waals surface area contributed by atoms with Crippen LogP contribution < -0.4 is 5.73 Å². The molecule has 0 atom stereocenters. The zero-order valence-electron chi connectivity index (χ0n) is 11.9. The zero-order valence-corrected chi connectivity index (χ0v) is 14.3. The van der Waals surface area contributed by atoms with Gasteiger partial charge in [-0.05, 0) is 68.7 Å². The van der Waals surface area contributed by atoms with Crippen LogP contribution >= 0.6 is 15.9 Å². The molecule has 0 saturated carbocycles. The van der Waals surface area contributed by atoms with Gasteiger partial charge in [0.15, 0.2) is 0 Å². The molecule has 0 fully saturated rings. The third-order valence-electron chi connectivity index (χ3n) is 2.62. The first-order valence-corrected chi connectivity index (χ1v) is 8.31. The molecule has 0 saturated heterocycles. The number of anilines is 1. The summed E-state index contributed by atoms with van der Waals surface area (Å²) in [4.78, 5) is 0.205. The highest BCUT2D eigenvalue weighted by Gasteiger charge is 2.37. The monoisotopic (exact) mass is 348 g/mol. The summed E-state index contributed by atoms with van der Waals surface area (Å²) < 4.78 is 27.7. The topological polar surface area (TPSA) is 63.4 Å². The molecule has 6 heteroatoms. The molecule has 0 unspecified atom stereocenters. The van der Waals surface area contributed by atoms with E-state index < -0.39 is 15.6 Å². The average Bonchev–Trinajstić information content (AvgIpc) is 2.17. The molecular weight excluding hydrogens is 328 g/mol. The summed E-state index contributed by atoms with van der Waals surface area (Å²) in [7, 11) is -3.60. The second-order valence-corrected chi connectivity index (χ2v) is 8.39. The van der Waals surface area contributed by atoms with Crippen molar-refractivity contribution in [3.05, 3.63) is 22.7 Å². The fourth-order valence-electron chi connectivity index (χ4n) is 2.24. The van der Waals surface area contributed by atoms with Crippen molar-refractivity contribution in [3.63, 3.8) is 0 Å². The lowest BCUT2D eigenvalue weighted by molar-refractivity contribution is 0.210. The maximum atomic E-state index is 12.8. The first kappa shape index (κ1) is 16.5. The van der Waals surface area contributed by atoms with Crippen LogP contribution in [0.25, 0.3) is 0 Å². The molecule has 0 aliphatic carbocycles. The Bertz CT molecular complexity index is 562. The summed E-state index contributed by atoms with van der Waals surface area (Å²) in [6.45, 7) is 9.37. The SMILES string of the molecule is CC(C)N(C(C)(C)C)S(=O)(=O)c1cc(N)ccc1Br. The molecule has 0 aromatic heterocycles. The molecule has 1 aromatic rings. The van der Waals surface area contributed by atoms with Crippen molar-refractivity contribution in [2.24, 2.45) is 0 Å². The highest BCUT2D eigenvalue weighted by atomic mass is 79.9. The third-order valence-corrected chi connectivity index (χ3v) is 5.96. The summed E-state index contributed by atoms with van der Waals surface area (Å²) in [5, 5.41) is 0. The summed E-state index contributed by atoms with van der Waals surface area (Å²) in [6.07, 6.45) is 0. The van der Waals surface area contributed by atoms with Crippen molar-refractivity contribution < 1.29 is 8.42 Å². The van der Waals surface area contributed by atoms with Gasteiger partial charge in [0.05, 0.1) is 4.90 Å². The van der Waals surface area contributed by atoms with E-state index in [9.17, 15) is 8.42 Å². The molecule has 0 aliphatic heterocycles. The Kier molecular flexibility index (Phi) is 4.70. The van der Waals surface area contributed by atoms with Crippen LogP contribution in [-0.4, -0.2) is 24.3 Å². The first-order chi connectivity index (χ1) is 8.48. The van der Waals surface area contributed by atoms with Crippen LogP contribution in [-0.2, 0) is 10.0 Å². The van der Waals surface area contributed by atoms with Gasteiger partial charge in [-0.25, -0.2) is 8.42 Å². The molecule has 0 bridgehead atoms. The van der Waals surface area contributed by atoms with Gasteiger partial charge >= 0.3 is 0 Å². The number of hydrogen-bond donors (Lipinski definition) is 1. The van der Waals surface area contributed by atoms with Gasteiger partial charge < -0.3 is 5.73 Å². The largest absolute Gasteiger partial charge is 0.399 e. The standard InChI is InChI=1S/C13H21BrN2O2S/c1-9(2)16(13(3,4)5)19(17,18)12-8-10(15)6-7-11(12)14/h6-9H,15H2,1-5H3. The fraction of sp³-hybridized carbons (Fsp3) is 0.538. The molecule has 0 aliphatic rings. The normalized spacial score (nSPS) is 13.3. The number of rotatable bonds is 3. The van der Waals surface area contributed by atoms with Crippen LogP contribution in [0.1, 0.15) is 34.6 Å². The Hall–Kier alpha value is -0.590. The molecule has 108 valence electrons. The van der Waals surface area contributed by atoms with E-state index in [0.29, 0.717) is 10.2 Å². The van der Waals surface area contributed by atoms with Gasteiger partial charge in [0.25, 0.3) is 0 Å². The highest BCUT2D eigenvalue weighted by Crippen LogP contribution is 2.32. The van der Waals surface area contributed by atoms with Gasteiger partial charge in [-0.2, -0.15) is 4.31 Å². The van der Waals surface area contributed by atoms with E-state index in [1.54, 1.807) is 12.1 Å². The number of nitrogen functional groups attached to an aromatic ring is 1.